The van der Waals surface area contributed by atoms with Crippen molar-refractivity contribution < 1.29 is 19.1 Å². The SMILES string of the molecule is CC(C)(C)c1ccc(C(=O)Nc2cccc(NC(=S)NC(=O)c3cccc(OCCOc4ccccc4)c3)c2)cc1. The fraction of sp³-hybridized carbons (Fsp3) is 0.182. The van der Waals surface area contributed by atoms with Crippen LogP contribution in [0.3, 0.4) is 0 Å². The first kappa shape index (κ1) is 29.3. The minimum Gasteiger partial charge on any atom is -0.490 e. The second-order valence-electron chi connectivity index (χ2n) is 10.3. The number of hydrogen-bond donors (Lipinski definition) is 3. The smallest absolute Gasteiger partial charge is 0.257 e. The van der Waals surface area contributed by atoms with Gasteiger partial charge in [0.05, 0.1) is 0 Å². The predicted octanol–water partition coefficient (Wildman–Crippen LogP) is 6.82. The molecule has 0 aliphatic heterocycles. The van der Waals surface area contributed by atoms with E-state index in [-0.39, 0.29) is 22.3 Å². The summed E-state index contributed by atoms with van der Waals surface area (Å²) in [6.07, 6.45) is 0. The molecule has 4 rings (SSSR count). The summed E-state index contributed by atoms with van der Waals surface area (Å²) in [5.41, 5.74) is 3.34. The highest BCUT2D eigenvalue weighted by atomic mass is 32.1. The number of anilines is 2. The number of para-hydroxylation sites is 1. The minimum absolute atomic E-state index is 0.0114. The Labute approximate surface area is 245 Å². The van der Waals surface area contributed by atoms with Crippen molar-refractivity contribution in [3.05, 3.63) is 120 Å². The molecule has 0 saturated heterocycles. The Bertz CT molecular complexity index is 1500. The van der Waals surface area contributed by atoms with Crippen LogP contribution in [0.25, 0.3) is 0 Å². The molecule has 3 N–H and O–H groups in total. The van der Waals surface area contributed by atoms with Crippen LogP contribution >= 0.6 is 12.2 Å². The van der Waals surface area contributed by atoms with Crippen LogP contribution in [0.15, 0.2) is 103 Å². The maximum absolute atomic E-state index is 12.8. The average molecular weight is 568 g/mol. The third kappa shape index (κ3) is 8.91. The van der Waals surface area contributed by atoms with Crippen molar-refractivity contribution in [1.29, 1.82) is 0 Å². The molecule has 4 aromatic rings. The third-order valence-corrected chi connectivity index (χ3v) is 6.28. The second kappa shape index (κ2) is 13.6. The Morgan fingerprint density at radius 2 is 1.27 bits per heavy atom. The van der Waals surface area contributed by atoms with Gasteiger partial charge in [-0.3, -0.25) is 14.9 Å². The van der Waals surface area contributed by atoms with Crippen molar-refractivity contribution in [2.75, 3.05) is 23.8 Å². The molecule has 2 amide bonds. The number of thiocarbonyl (C=S) groups is 1. The summed E-state index contributed by atoms with van der Waals surface area (Å²) in [6.45, 7) is 7.09. The fourth-order valence-corrected chi connectivity index (χ4v) is 4.11. The highest BCUT2D eigenvalue weighted by Gasteiger charge is 2.15. The fourth-order valence-electron chi connectivity index (χ4n) is 3.90. The first-order chi connectivity index (χ1) is 19.7. The lowest BCUT2D eigenvalue weighted by Gasteiger charge is -2.19. The third-order valence-electron chi connectivity index (χ3n) is 6.08. The van der Waals surface area contributed by atoms with Gasteiger partial charge in [-0.15, -0.1) is 0 Å². The van der Waals surface area contributed by atoms with Gasteiger partial charge in [-0.2, -0.15) is 0 Å². The van der Waals surface area contributed by atoms with Gasteiger partial charge in [0.1, 0.15) is 24.7 Å². The Morgan fingerprint density at radius 1 is 0.659 bits per heavy atom. The first-order valence-electron chi connectivity index (χ1n) is 13.2. The summed E-state index contributed by atoms with van der Waals surface area (Å²) in [5, 5.41) is 8.70. The second-order valence-corrected chi connectivity index (χ2v) is 10.7. The number of carbonyl (C=O) groups is 2. The zero-order valence-corrected chi connectivity index (χ0v) is 24.1. The number of carbonyl (C=O) groups excluding carboxylic acids is 2. The molecule has 0 atom stereocenters. The van der Waals surface area contributed by atoms with Gasteiger partial charge < -0.3 is 20.1 Å². The van der Waals surface area contributed by atoms with E-state index < -0.39 is 0 Å². The van der Waals surface area contributed by atoms with E-state index in [0.717, 1.165) is 11.3 Å². The molecule has 0 saturated carbocycles. The van der Waals surface area contributed by atoms with Crippen molar-refractivity contribution >= 4 is 40.5 Å². The lowest BCUT2D eigenvalue weighted by Crippen LogP contribution is -2.34. The summed E-state index contributed by atoms with van der Waals surface area (Å²) in [4.78, 5) is 25.5. The Morgan fingerprint density at radius 3 is 1.95 bits per heavy atom. The van der Waals surface area contributed by atoms with Gasteiger partial charge >= 0.3 is 0 Å². The van der Waals surface area contributed by atoms with E-state index in [2.05, 4.69) is 36.7 Å². The van der Waals surface area contributed by atoms with Gasteiger partial charge in [-0.05, 0) is 83.9 Å². The van der Waals surface area contributed by atoms with Crippen molar-refractivity contribution in [2.24, 2.45) is 0 Å². The molecule has 4 aromatic carbocycles. The number of hydrogen-bond acceptors (Lipinski definition) is 5. The maximum Gasteiger partial charge on any atom is 0.257 e. The summed E-state index contributed by atoms with van der Waals surface area (Å²) < 4.78 is 11.4. The molecule has 7 nitrogen and oxygen atoms in total. The van der Waals surface area contributed by atoms with E-state index in [1.54, 1.807) is 48.5 Å². The molecule has 0 unspecified atom stereocenters. The monoisotopic (exact) mass is 567 g/mol. The van der Waals surface area contributed by atoms with E-state index >= 15 is 0 Å². The molecule has 0 fully saturated rings. The van der Waals surface area contributed by atoms with Crippen molar-refractivity contribution in [2.45, 2.75) is 26.2 Å². The molecule has 41 heavy (non-hydrogen) atoms. The summed E-state index contributed by atoms with van der Waals surface area (Å²) >= 11 is 5.35. The average Bonchev–Trinajstić information content (AvgIpc) is 2.96. The number of nitrogens with one attached hydrogen (secondary N) is 3. The molecule has 0 radical (unpaired) electrons. The zero-order chi connectivity index (χ0) is 29.2. The van der Waals surface area contributed by atoms with Crippen molar-refractivity contribution in [1.82, 2.24) is 5.32 Å². The van der Waals surface area contributed by atoms with Crippen LogP contribution in [0, 0.1) is 0 Å². The van der Waals surface area contributed by atoms with Gasteiger partial charge in [0, 0.05) is 22.5 Å². The van der Waals surface area contributed by atoms with E-state index in [9.17, 15) is 9.59 Å². The van der Waals surface area contributed by atoms with Gasteiger partial charge in [0.2, 0.25) is 0 Å². The van der Waals surface area contributed by atoms with Crippen molar-refractivity contribution in [3.63, 3.8) is 0 Å². The van der Waals surface area contributed by atoms with E-state index in [1.807, 2.05) is 54.6 Å². The van der Waals surface area contributed by atoms with Gasteiger partial charge in [0.15, 0.2) is 5.11 Å². The Balaban J connectivity index is 1.27. The van der Waals surface area contributed by atoms with Crippen LogP contribution in [0.1, 0.15) is 47.1 Å². The standard InChI is InChI=1S/C33H33N3O4S/c1-33(2,3)25-17-15-23(16-18-25)30(37)34-26-10-8-11-27(22-26)35-32(41)36-31(38)24-9-7-14-29(21-24)40-20-19-39-28-12-5-4-6-13-28/h4-18,21-22H,19-20H2,1-3H3,(H,34,37)(H2,35,36,38,41). The van der Waals surface area contributed by atoms with Gasteiger partial charge in [0.25, 0.3) is 11.8 Å². The van der Waals surface area contributed by atoms with E-state index in [4.69, 9.17) is 21.7 Å². The molecule has 0 spiro atoms. The predicted molar refractivity (Wildman–Crippen MR) is 167 cm³/mol. The number of benzene rings is 4. The van der Waals surface area contributed by atoms with Gasteiger partial charge in [-0.25, -0.2) is 0 Å². The Hall–Kier alpha value is -4.69. The zero-order valence-electron chi connectivity index (χ0n) is 23.3. The maximum atomic E-state index is 12.8. The topological polar surface area (TPSA) is 88.7 Å². The number of ether oxygens (including phenoxy) is 2. The number of amides is 2. The summed E-state index contributed by atoms with van der Waals surface area (Å²) in [6, 6.07) is 31.0. The van der Waals surface area contributed by atoms with Gasteiger partial charge in [-0.1, -0.05) is 63.2 Å². The molecule has 210 valence electrons. The summed E-state index contributed by atoms with van der Waals surface area (Å²) in [5.74, 6) is 0.720. The molecule has 0 heterocycles. The van der Waals surface area contributed by atoms with Crippen LogP contribution in [0.4, 0.5) is 11.4 Å². The lowest BCUT2D eigenvalue weighted by molar-refractivity contribution is 0.0976. The van der Waals surface area contributed by atoms with E-state index in [0.29, 0.717) is 41.5 Å². The lowest BCUT2D eigenvalue weighted by atomic mass is 9.87. The normalized spacial score (nSPS) is 10.8. The van der Waals surface area contributed by atoms with Crippen molar-refractivity contribution in [3.8, 4) is 11.5 Å². The van der Waals surface area contributed by atoms with Crippen LogP contribution < -0.4 is 25.4 Å². The molecule has 0 aliphatic rings. The molecule has 0 aliphatic carbocycles. The van der Waals surface area contributed by atoms with Crippen LogP contribution in [0.2, 0.25) is 0 Å². The van der Waals surface area contributed by atoms with Crippen LogP contribution in [-0.2, 0) is 5.41 Å². The quantitative estimate of drug-likeness (QED) is 0.152. The Kier molecular flexibility index (Phi) is 9.71. The van der Waals surface area contributed by atoms with Crippen LogP contribution in [-0.4, -0.2) is 30.1 Å². The number of rotatable bonds is 9. The highest BCUT2D eigenvalue weighted by molar-refractivity contribution is 7.80. The largest absolute Gasteiger partial charge is 0.490 e. The molecule has 8 heteroatoms. The molecular formula is C33H33N3O4S. The minimum atomic E-state index is -0.378. The van der Waals surface area contributed by atoms with Crippen LogP contribution in [0.5, 0.6) is 11.5 Å². The molecular weight excluding hydrogens is 534 g/mol. The van der Waals surface area contributed by atoms with E-state index in [1.165, 1.54) is 0 Å². The molecule has 0 bridgehead atoms. The first-order valence-corrected chi connectivity index (χ1v) is 13.6. The summed E-state index contributed by atoms with van der Waals surface area (Å²) in [7, 11) is 0. The molecule has 0 aromatic heterocycles. The highest BCUT2D eigenvalue weighted by Crippen LogP contribution is 2.23.